The number of amides is 1. The van der Waals surface area contributed by atoms with E-state index < -0.39 is 0 Å². The van der Waals surface area contributed by atoms with Crippen molar-refractivity contribution in [2.24, 2.45) is 0 Å². The van der Waals surface area contributed by atoms with Crippen molar-refractivity contribution in [3.8, 4) is 0 Å². The highest BCUT2D eigenvalue weighted by Crippen LogP contribution is 2.26. The van der Waals surface area contributed by atoms with Crippen molar-refractivity contribution >= 4 is 5.91 Å². The summed E-state index contributed by atoms with van der Waals surface area (Å²) < 4.78 is 5.68. The second-order valence-electron chi connectivity index (χ2n) is 5.78. The van der Waals surface area contributed by atoms with E-state index in [0.717, 1.165) is 32.4 Å². The molecule has 2 unspecified atom stereocenters. The Morgan fingerprint density at radius 1 is 1.36 bits per heavy atom. The molecule has 1 aliphatic rings. The van der Waals surface area contributed by atoms with E-state index in [1.54, 1.807) is 0 Å². The monoisotopic (exact) mass is 304 g/mol. The Kier molecular flexibility index (Phi) is 6.87. The van der Waals surface area contributed by atoms with Crippen LogP contribution in [0.25, 0.3) is 0 Å². The summed E-state index contributed by atoms with van der Waals surface area (Å²) >= 11 is 0. The molecule has 0 radical (unpaired) electrons. The summed E-state index contributed by atoms with van der Waals surface area (Å²) in [7, 11) is 0. The van der Waals surface area contributed by atoms with Gasteiger partial charge in [-0.1, -0.05) is 50.6 Å². The largest absolute Gasteiger partial charge is 0.366 e. The maximum atomic E-state index is 12.9. The zero-order valence-electron chi connectivity index (χ0n) is 13.8. The van der Waals surface area contributed by atoms with E-state index >= 15 is 0 Å². The summed E-state index contributed by atoms with van der Waals surface area (Å²) in [6, 6.07) is 10.5. The van der Waals surface area contributed by atoms with Crippen LogP contribution in [0, 0.1) is 0 Å². The molecule has 1 N–H and O–H groups in total. The molecule has 0 saturated carbocycles. The van der Waals surface area contributed by atoms with Gasteiger partial charge in [0.2, 0.25) is 0 Å². The maximum absolute atomic E-state index is 12.9. The summed E-state index contributed by atoms with van der Waals surface area (Å²) in [5.74, 6) is 0.122. The predicted octanol–water partition coefficient (Wildman–Crippen LogP) is 2.75. The second-order valence-corrected chi connectivity index (χ2v) is 5.78. The third-order valence-corrected chi connectivity index (χ3v) is 4.19. The lowest BCUT2D eigenvalue weighted by Gasteiger charge is -2.35. The van der Waals surface area contributed by atoms with Crippen LogP contribution in [0.4, 0.5) is 0 Å². The number of rotatable bonds is 7. The minimum absolute atomic E-state index is 0.122. The molecule has 1 heterocycles. The highest BCUT2D eigenvalue weighted by molar-refractivity contribution is 5.81. The molecule has 1 aromatic carbocycles. The van der Waals surface area contributed by atoms with Gasteiger partial charge in [-0.25, -0.2) is 0 Å². The summed E-state index contributed by atoms with van der Waals surface area (Å²) in [5.41, 5.74) is 1.21. The highest BCUT2D eigenvalue weighted by Gasteiger charge is 2.31. The first-order chi connectivity index (χ1) is 10.8. The van der Waals surface area contributed by atoms with E-state index in [-0.39, 0.29) is 18.1 Å². The molecule has 4 heteroatoms. The van der Waals surface area contributed by atoms with E-state index in [4.69, 9.17) is 4.74 Å². The molecule has 122 valence electrons. The molecule has 0 aromatic heterocycles. The summed E-state index contributed by atoms with van der Waals surface area (Å²) in [5, 5.41) is 3.25. The first kappa shape index (κ1) is 17.0. The van der Waals surface area contributed by atoms with Gasteiger partial charge in [-0.2, -0.15) is 0 Å². The highest BCUT2D eigenvalue weighted by atomic mass is 16.5. The smallest absolute Gasteiger partial charge is 0.253 e. The molecule has 0 spiro atoms. The molecule has 4 nitrogen and oxygen atoms in total. The molecule has 1 fully saturated rings. The first-order valence-corrected chi connectivity index (χ1v) is 8.45. The van der Waals surface area contributed by atoms with E-state index in [2.05, 4.69) is 31.3 Å². The molecule has 0 bridgehead atoms. The minimum Gasteiger partial charge on any atom is -0.366 e. The van der Waals surface area contributed by atoms with Gasteiger partial charge in [0.15, 0.2) is 0 Å². The fraction of sp³-hybridized carbons (Fsp3) is 0.611. The lowest BCUT2D eigenvalue weighted by molar-refractivity contribution is -0.148. The zero-order chi connectivity index (χ0) is 15.8. The lowest BCUT2D eigenvalue weighted by Crippen LogP contribution is -2.50. The Labute approximate surface area is 133 Å². The van der Waals surface area contributed by atoms with Crippen LogP contribution in [-0.4, -0.2) is 43.2 Å². The fourth-order valence-electron chi connectivity index (χ4n) is 2.97. The number of nitrogens with zero attached hydrogens (tertiary/aromatic N) is 1. The van der Waals surface area contributed by atoms with E-state index in [1.807, 2.05) is 23.1 Å². The lowest BCUT2D eigenvalue weighted by atomic mass is 10.0. The van der Waals surface area contributed by atoms with Gasteiger partial charge < -0.3 is 15.0 Å². The molecule has 0 aliphatic carbocycles. The van der Waals surface area contributed by atoms with Crippen LogP contribution in [0.3, 0.4) is 0 Å². The molecular formula is C18H28N2O2. The van der Waals surface area contributed by atoms with Gasteiger partial charge in [-0.15, -0.1) is 0 Å². The Hall–Kier alpha value is -1.39. The van der Waals surface area contributed by atoms with Gasteiger partial charge in [-0.05, 0) is 18.4 Å². The Morgan fingerprint density at radius 3 is 2.73 bits per heavy atom. The van der Waals surface area contributed by atoms with Crippen LogP contribution >= 0.6 is 0 Å². The minimum atomic E-state index is -0.344. The van der Waals surface area contributed by atoms with E-state index in [9.17, 15) is 4.79 Å². The molecule has 1 aliphatic heterocycles. The number of nitrogens with one attached hydrogen (secondary N) is 1. The Bertz CT molecular complexity index is 444. The predicted molar refractivity (Wildman–Crippen MR) is 88.7 cm³/mol. The second kappa shape index (κ2) is 8.91. The standard InChI is InChI=1S/C18H28N2O2/c1-3-5-12-20(18(21)17-14-19-11-13-22-17)16(4-2)15-9-7-6-8-10-15/h6-10,16-17,19H,3-5,11-14H2,1-2H3. The quantitative estimate of drug-likeness (QED) is 0.842. The number of hydrogen-bond donors (Lipinski definition) is 1. The molecule has 1 saturated heterocycles. The van der Waals surface area contributed by atoms with Crippen molar-refractivity contribution in [1.82, 2.24) is 10.2 Å². The topological polar surface area (TPSA) is 41.6 Å². The van der Waals surface area contributed by atoms with Crippen LogP contribution in [0.1, 0.15) is 44.7 Å². The average molecular weight is 304 g/mol. The third-order valence-electron chi connectivity index (χ3n) is 4.19. The number of carbonyl (C=O) groups excluding carboxylic acids is 1. The van der Waals surface area contributed by atoms with Gasteiger partial charge in [0.05, 0.1) is 12.6 Å². The van der Waals surface area contributed by atoms with Gasteiger partial charge in [0.25, 0.3) is 5.91 Å². The zero-order valence-corrected chi connectivity index (χ0v) is 13.8. The van der Waals surface area contributed by atoms with Gasteiger partial charge in [0.1, 0.15) is 6.10 Å². The molecule has 1 aromatic rings. The molecule has 22 heavy (non-hydrogen) atoms. The molecule has 2 rings (SSSR count). The number of benzene rings is 1. The number of morpholine rings is 1. The summed E-state index contributed by atoms with van der Waals surface area (Å²) in [6.07, 6.45) is 2.68. The van der Waals surface area contributed by atoms with Crippen molar-refractivity contribution < 1.29 is 9.53 Å². The van der Waals surface area contributed by atoms with Crippen molar-refractivity contribution in [2.45, 2.75) is 45.3 Å². The van der Waals surface area contributed by atoms with Crippen molar-refractivity contribution in [2.75, 3.05) is 26.2 Å². The third kappa shape index (κ3) is 4.31. The summed E-state index contributed by atoms with van der Waals surface area (Å²) in [4.78, 5) is 15.0. The van der Waals surface area contributed by atoms with Crippen molar-refractivity contribution in [3.05, 3.63) is 35.9 Å². The van der Waals surface area contributed by atoms with E-state index in [1.165, 1.54) is 5.56 Å². The van der Waals surface area contributed by atoms with Gasteiger partial charge in [-0.3, -0.25) is 4.79 Å². The fourth-order valence-corrected chi connectivity index (χ4v) is 2.97. The van der Waals surface area contributed by atoms with Crippen molar-refractivity contribution in [3.63, 3.8) is 0 Å². The van der Waals surface area contributed by atoms with Gasteiger partial charge >= 0.3 is 0 Å². The number of unbranched alkanes of at least 4 members (excludes halogenated alkanes) is 1. The number of hydrogen-bond acceptors (Lipinski definition) is 3. The maximum Gasteiger partial charge on any atom is 0.253 e. The van der Waals surface area contributed by atoms with Crippen molar-refractivity contribution in [1.29, 1.82) is 0 Å². The Balaban J connectivity index is 2.17. The van der Waals surface area contributed by atoms with Crippen LogP contribution in [0.2, 0.25) is 0 Å². The Morgan fingerprint density at radius 2 is 2.14 bits per heavy atom. The summed E-state index contributed by atoms with van der Waals surface area (Å²) in [6.45, 7) is 7.15. The molecule has 2 atom stereocenters. The van der Waals surface area contributed by atoms with E-state index in [0.29, 0.717) is 13.2 Å². The normalized spacial score (nSPS) is 19.6. The van der Waals surface area contributed by atoms with Crippen LogP contribution in [0.15, 0.2) is 30.3 Å². The van der Waals surface area contributed by atoms with Crippen LogP contribution in [0.5, 0.6) is 0 Å². The number of ether oxygens (including phenoxy) is 1. The molecule has 1 amide bonds. The first-order valence-electron chi connectivity index (χ1n) is 8.45. The van der Waals surface area contributed by atoms with Crippen LogP contribution < -0.4 is 5.32 Å². The van der Waals surface area contributed by atoms with Crippen LogP contribution in [-0.2, 0) is 9.53 Å². The SMILES string of the molecule is CCCCN(C(=O)C1CNCCO1)C(CC)c1ccccc1. The average Bonchev–Trinajstić information content (AvgIpc) is 2.59. The number of carbonyl (C=O) groups is 1. The molecular weight excluding hydrogens is 276 g/mol. The van der Waals surface area contributed by atoms with Gasteiger partial charge in [0, 0.05) is 19.6 Å².